The third-order valence-electron chi connectivity index (χ3n) is 9.49. The van der Waals surface area contributed by atoms with Gasteiger partial charge < -0.3 is 9.13 Å². The first-order valence-corrected chi connectivity index (χ1v) is 16.2. The summed E-state index contributed by atoms with van der Waals surface area (Å²) >= 11 is 0. The Hall–Kier alpha value is -7.39. The molecule has 0 spiro atoms. The van der Waals surface area contributed by atoms with Crippen LogP contribution < -0.4 is 0 Å². The van der Waals surface area contributed by atoms with Gasteiger partial charge in [-0.25, -0.2) is 9.69 Å². The first-order chi connectivity index (χ1) is 24.6. The van der Waals surface area contributed by atoms with Crippen molar-refractivity contribution in [2.24, 2.45) is 0 Å². The van der Waals surface area contributed by atoms with E-state index in [9.17, 15) is 5.26 Å². The Bertz CT molecular complexity index is 2890. The van der Waals surface area contributed by atoms with Gasteiger partial charge in [-0.05, 0) is 107 Å². The number of aromatic nitrogens is 2. The van der Waals surface area contributed by atoms with Crippen molar-refractivity contribution in [3.05, 3.63) is 180 Å². The molecule has 0 N–H and O–H groups in total. The molecular weight excluding hydrogens is 611 g/mol. The van der Waals surface area contributed by atoms with Gasteiger partial charge in [-0.3, -0.25) is 0 Å². The number of hydrogen-bond donors (Lipinski definition) is 0. The molecule has 0 saturated heterocycles. The van der Waals surface area contributed by atoms with Gasteiger partial charge in [0.2, 0.25) is 0 Å². The normalized spacial score (nSPS) is 11.1. The summed E-state index contributed by atoms with van der Waals surface area (Å²) in [5, 5.41) is 14.3. The van der Waals surface area contributed by atoms with Gasteiger partial charge >= 0.3 is 0 Å². The van der Waals surface area contributed by atoms with E-state index in [1.165, 1.54) is 10.8 Å². The SMILES string of the molecule is [C-]#[N+]c1cc(C#N)cc(-c2cc(-c3cccc(-n4c5ccccc5c5ccccc54)c3)cc(-n3c4ccccc4c4cc([N+]#[C-])ccc43)c2)c1. The molecule has 0 unspecified atom stereocenters. The minimum absolute atomic E-state index is 0.419. The Labute approximate surface area is 288 Å². The molecule has 0 fully saturated rings. The van der Waals surface area contributed by atoms with Gasteiger partial charge in [0.25, 0.3) is 0 Å². The molecule has 50 heavy (non-hydrogen) atoms. The van der Waals surface area contributed by atoms with Gasteiger partial charge in [-0.2, -0.15) is 5.26 Å². The number of benzene rings is 7. The fourth-order valence-corrected chi connectivity index (χ4v) is 7.31. The van der Waals surface area contributed by atoms with Crippen molar-refractivity contribution >= 4 is 55.0 Å². The fraction of sp³-hybridized carbons (Fsp3) is 0. The molecule has 230 valence electrons. The molecule has 0 aliphatic heterocycles. The smallest absolute Gasteiger partial charge is 0.189 e. The van der Waals surface area contributed by atoms with Crippen LogP contribution in [0.1, 0.15) is 5.56 Å². The zero-order valence-corrected chi connectivity index (χ0v) is 26.7. The maximum absolute atomic E-state index is 9.84. The molecular formula is C45H25N5. The molecule has 0 atom stereocenters. The standard InChI is InChI=1S/C45H25N5/c1-47-34-18-19-45-41(27-34)40-14-5-8-17-44(40)50(45)37-25-32(22-33(26-37)31-20-29(28-46)21-35(23-31)48-2)30-10-9-11-36(24-30)49-42-15-6-3-12-38(42)39-13-4-7-16-43(39)49/h3-27H. The highest BCUT2D eigenvalue weighted by atomic mass is 15.0. The number of nitriles is 1. The molecule has 9 rings (SSSR count). The van der Waals surface area contributed by atoms with Crippen LogP contribution in [-0.2, 0) is 0 Å². The second-order valence-electron chi connectivity index (χ2n) is 12.3. The summed E-state index contributed by atoms with van der Waals surface area (Å²) in [4.78, 5) is 7.38. The van der Waals surface area contributed by atoms with Crippen LogP contribution in [0.4, 0.5) is 11.4 Å². The van der Waals surface area contributed by atoms with Crippen molar-refractivity contribution in [3.63, 3.8) is 0 Å². The van der Waals surface area contributed by atoms with E-state index < -0.39 is 0 Å². The molecule has 0 saturated carbocycles. The van der Waals surface area contributed by atoms with Gasteiger partial charge in [0, 0.05) is 33.1 Å². The van der Waals surface area contributed by atoms with E-state index >= 15 is 0 Å². The summed E-state index contributed by atoms with van der Waals surface area (Å²) in [5.41, 5.74) is 11.5. The quantitative estimate of drug-likeness (QED) is 0.177. The van der Waals surface area contributed by atoms with E-state index in [-0.39, 0.29) is 0 Å². The first-order valence-electron chi connectivity index (χ1n) is 16.2. The molecule has 5 heteroatoms. The lowest BCUT2D eigenvalue weighted by molar-refractivity contribution is 1.17. The molecule has 0 aliphatic rings. The molecule has 0 bridgehead atoms. The lowest BCUT2D eigenvalue weighted by Gasteiger charge is -2.15. The highest BCUT2D eigenvalue weighted by molar-refractivity contribution is 6.11. The largest absolute Gasteiger partial charge is 0.309 e. The molecule has 0 radical (unpaired) electrons. The fourth-order valence-electron chi connectivity index (χ4n) is 7.31. The Morgan fingerprint density at radius 2 is 0.960 bits per heavy atom. The van der Waals surface area contributed by atoms with Crippen molar-refractivity contribution in [1.29, 1.82) is 5.26 Å². The van der Waals surface area contributed by atoms with Crippen LogP contribution in [0.15, 0.2) is 152 Å². The molecule has 2 heterocycles. The van der Waals surface area contributed by atoms with Crippen molar-refractivity contribution in [1.82, 2.24) is 9.13 Å². The van der Waals surface area contributed by atoms with E-state index in [1.807, 2.05) is 42.5 Å². The summed E-state index contributed by atoms with van der Waals surface area (Å²) in [7, 11) is 0. The Balaban J connectivity index is 1.32. The summed E-state index contributed by atoms with van der Waals surface area (Å²) in [5.74, 6) is 0. The molecule has 0 aliphatic carbocycles. The number of para-hydroxylation sites is 3. The third-order valence-corrected chi connectivity index (χ3v) is 9.49. The first kappa shape index (κ1) is 28.8. The minimum Gasteiger partial charge on any atom is -0.309 e. The highest BCUT2D eigenvalue weighted by Crippen LogP contribution is 2.39. The number of rotatable bonds is 4. The van der Waals surface area contributed by atoms with Crippen LogP contribution in [0, 0.1) is 24.5 Å². The topological polar surface area (TPSA) is 42.4 Å². The van der Waals surface area contributed by atoms with Crippen LogP contribution in [0.25, 0.3) is 86.9 Å². The minimum atomic E-state index is 0.419. The van der Waals surface area contributed by atoms with Gasteiger partial charge in [0.15, 0.2) is 11.4 Å². The predicted octanol–water partition coefficient (Wildman–Crippen LogP) is 12.2. The van der Waals surface area contributed by atoms with Crippen LogP contribution in [0.3, 0.4) is 0 Å². The second-order valence-corrected chi connectivity index (χ2v) is 12.3. The Morgan fingerprint density at radius 3 is 1.60 bits per heavy atom. The van der Waals surface area contributed by atoms with E-state index in [0.717, 1.165) is 66.5 Å². The second kappa shape index (κ2) is 11.4. The average molecular weight is 636 g/mol. The third kappa shape index (κ3) is 4.53. The van der Waals surface area contributed by atoms with Crippen molar-refractivity contribution in [2.45, 2.75) is 0 Å². The van der Waals surface area contributed by atoms with E-state index in [1.54, 1.807) is 6.07 Å². The lowest BCUT2D eigenvalue weighted by atomic mass is 9.96. The Kier molecular flexibility index (Phi) is 6.56. The zero-order chi connectivity index (χ0) is 33.8. The number of fused-ring (bicyclic) bond motifs is 6. The molecule has 7 aromatic carbocycles. The molecule has 9 aromatic rings. The molecule has 5 nitrogen and oxygen atoms in total. The monoisotopic (exact) mass is 635 g/mol. The van der Waals surface area contributed by atoms with Gasteiger partial charge in [-0.15, -0.1) is 0 Å². The lowest BCUT2D eigenvalue weighted by Crippen LogP contribution is -1.97. The van der Waals surface area contributed by atoms with Gasteiger partial charge in [0.1, 0.15) is 0 Å². The Morgan fingerprint density at radius 1 is 0.420 bits per heavy atom. The van der Waals surface area contributed by atoms with Crippen LogP contribution >= 0.6 is 0 Å². The number of nitrogens with zero attached hydrogens (tertiary/aromatic N) is 5. The van der Waals surface area contributed by atoms with E-state index in [4.69, 9.17) is 13.1 Å². The summed E-state index contributed by atoms with van der Waals surface area (Å²) < 4.78 is 4.56. The highest BCUT2D eigenvalue weighted by Gasteiger charge is 2.17. The maximum atomic E-state index is 9.84. The zero-order valence-electron chi connectivity index (χ0n) is 26.7. The maximum Gasteiger partial charge on any atom is 0.189 e. The molecule has 0 amide bonds. The summed E-state index contributed by atoms with van der Waals surface area (Å²) in [6, 6.07) is 53.7. The van der Waals surface area contributed by atoms with Crippen molar-refractivity contribution < 1.29 is 0 Å². The molecule has 2 aromatic heterocycles. The van der Waals surface area contributed by atoms with Crippen molar-refractivity contribution in [2.75, 3.05) is 0 Å². The van der Waals surface area contributed by atoms with Crippen LogP contribution in [0.2, 0.25) is 0 Å². The van der Waals surface area contributed by atoms with Gasteiger partial charge in [-0.1, -0.05) is 72.8 Å². The van der Waals surface area contributed by atoms with Gasteiger partial charge in [0.05, 0.1) is 41.3 Å². The van der Waals surface area contributed by atoms with E-state index in [2.05, 4.69) is 128 Å². The summed E-state index contributed by atoms with van der Waals surface area (Å²) in [6.07, 6.45) is 0. The summed E-state index contributed by atoms with van der Waals surface area (Å²) in [6.45, 7) is 15.4. The van der Waals surface area contributed by atoms with Crippen molar-refractivity contribution in [3.8, 4) is 39.7 Å². The predicted molar refractivity (Wildman–Crippen MR) is 203 cm³/mol. The number of hydrogen-bond acceptors (Lipinski definition) is 1. The van der Waals surface area contributed by atoms with Crippen LogP contribution in [-0.4, -0.2) is 9.13 Å². The van der Waals surface area contributed by atoms with Crippen LogP contribution in [0.5, 0.6) is 0 Å². The average Bonchev–Trinajstić information content (AvgIpc) is 3.70. The van der Waals surface area contributed by atoms with E-state index in [0.29, 0.717) is 16.9 Å².